The minimum Gasteiger partial charge on any atom is -0.397 e. The van der Waals surface area contributed by atoms with E-state index in [9.17, 15) is 18.0 Å². The lowest BCUT2D eigenvalue weighted by atomic mass is 10.2. The second kappa shape index (κ2) is 5.54. The zero-order valence-corrected chi connectivity index (χ0v) is 11.5. The van der Waals surface area contributed by atoms with Gasteiger partial charge in [-0.2, -0.15) is 0 Å². The summed E-state index contributed by atoms with van der Waals surface area (Å²) in [5.74, 6) is -3.06. The Kier molecular flexibility index (Phi) is 3.99. The highest BCUT2D eigenvalue weighted by atomic mass is 79.9. The molecule has 1 amide bonds. The molecule has 0 saturated heterocycles. The number of benzene rings is 2. The molecular formula is C13H8BrF3N2O. The third-order valence-corrected chi connectivity index (χ3v) is 3.11. The number of nitrogens with one attached hydrogen (secondary N) is 1. The normalized spacial score (nSPS) is 10.4. The van der Waals surface area contributed by atoms with E-state index in [-0.39, 0.29) is 21.4 Å². The van der Waals surface area contributed by atoms with Crippen molar-refractivity contribution in [2.75, 3.05) is 11.1 Å². The summed E-state index contributed by atoms with van der Waals surface area (Å²) in [6.07, 6.45) is 0. The summed E-state index contributed by atoms with van der Waals surface area (Å²) in [4.78, 5) is 11.9. The molecule has 0 aromatic heterocycles. The molecule has 3 nitrogen and oxygen atoms in total. The molecule has 104 valence electrons. The van der Waals surface area contributed by atoms with Crippen molar-refractivity contribution < 1.29 is 18.0 Å². The summed E-state index contributed by atoms with van der Waals surface area (Å²) in [6, 6.07) is 5.05. The predicted octanol–water partition coefficient (Wildman–Crippen LogP) is 3.70. The maximum Gasteiger partial charge on any atom is 0.255 e. The third-order valence-electron chi connectivity index (χ3n) is 2.51. The first-order chi connectivity index (χ1) is 9.38. The second-order valence-electron chi connectivity index (χ2n) is 3.93. The van der Waals surface area contributed by atoms with E-state index in [0.717, 1.165) is 12.1 Å². The molecule has 0 aliphatic rings. The largest absolute Gasteiger partial charge is 0.397 e. The van der Waals surface area contributed by atoms with E-state index in [1.54, 1.807) is 0 Å². The molecule has 2 rings (SSSR count). The van der Waals surface area contributed by atoms with Gasteiger partial charge < -0.3 is 11.1 Å². The van der Waals surface area contributed by atoms with Crippen LogP contribution in [-0.4, -0.2) is 5.91 Å². The van der Waals surface area contributed by atoms with E-state index in [4.69, 9.17) is 5.73 Å². The van der Waals surface area contributed by atoms with Gasteiger partial charge in [0.05, 0.1) is 10.2 Å². The minimum absolute atomic E-state index is 0.0951. The number of hydrogen-bond acceptors (Lipinski definition) is 2. The molecule has 0 bridgehead atoms. The molecule has 0 aliphatic heterocycles. The Morgan fingerprint density at radius 1 is 1.10 bits per heavy atom. The Morgan fingerprint density at radius 2 is 1.80 bits per heavy atom. The number of anilines is 2. The summed E-state index contributed by atoms with van der Waals surface area (Å²) in [7, 11) is 0. The Hall–Kier alpha value is -2.02. The molecule has 0 heterocycles. The number of nitrogen functional groups attached to an aromatic ring is 1. The van der Waals surface area contributed by atoms with Crippen molar-refractivity contribution in [3.05, 3.63) is 57.8 Å². The van der Waals surface area contributed by atoms with Gasteiger partial charge in [-0.05, 0) is 40.2 Å². The van der Waals surface area contributed by atoms with Gasteiger partial charge in [0.15, 0.2) is 5.82 Å². The van der Waals surface area contributed by atoms with Crippen LogP contribution in [0, 0.1) is 17.5 Å². The topological polar surface area (TPSA) is 55.1 Å². The molecule has 2 aromatic carbocycles. The lowest BCUT2D eigenvalue weighted by molar-refractivity contribution is 0.102. The number of nitrogens with two attached hydrogens (primary N) is 1. The molecule has 0 saturated carbocycles. The van der Waals surface area contributed by atoms with Crippen LogP contribution in [0.1, 0.15) is 10.4 Å². The van der Waals surface area contributed by atoms with E-state index in [0.29, 0.717) is 6.07 Å². The molecular weight excluding hydrogens is 337 g/mol. The first-order valence-corrected chi connectivity index (χ1v) is 6.18. The van der Waals surface area contributed by atoms with Crippen LogP contribution < -0.4 is 11.1 Å². The molecule has 7 heteroatoms. The highest BCUT2D eigenvalue weighted by Crippen LogP contribution is 2.25. The maximum absolute atomic E-state index is 13.5. The van der Waals surface area contributed by atoms with Crippen molar-refractivity contribution in [2.24, 2.45) is 0 Å². The molecule has 0 spiro atoms. The predicted molar refractivity (Wildman–Crippen MR) is 72.8 cm³/mol. The molecule has 3 N–H and O–H groups in total. The summed E-state index contributed by atoms with van der Waals surface area (Å²) in [5, 5.41) is 2.22. The van der Waals surface area contributed by atoms with Crippen molar-refractivity contribution in [3.8, 4) is 0 Å². The van der Waals surface area contributed by atoms with Gasteiger partial charge in [-0.15, -0.1) is 0 Å². The highest BCUT2D eigenvalue weighted by molar-refractivity contribution is 9.10. The SMILES string of the molecule is Nc1cc(F)cc(F)c1NC(=O)c1ccc(F)c(Br)c1. The number of carbonyl (C=O) groups is 1. The van der Waals surface area contributed by atoms with Crippen molar-refractivity contribution >= 4 is 33.2 Å². The fourth-order valence-electron chi connectivity index (χ4n) is 1.55. The molecule has 20 heavy (non-hydrogen) atoms. The third kappa shape index (κ3) is 2.93. The van der Waals surface area contributed by atoms with Gasteiger partial charge in [0.25, 0.3) is 5.91 Å². The highest BCUT2D eigenvalue weighted by Gasteiger charge is 2.14. The van der Waals surface area contributed by atoms with E-state index in [1.165, 1.54) is 12.1 Å². The van der Waals surface area contributed by atoms with E-state index in [1.807, 2.05) is 0 Å². The van der Waals surface area contributed by atoms with Crippen LogP contribution in [-0.2, 0) is 0 Å². The van der Waals surface area contributed by atoms with Crippen LogP contribution in [0.3, 0.4) is 0 Å². The van der Waals surface area contributed by atoms with Gasteiger partial charge in [-0.25, -0.2) is 13.2 Å². The average molecular weight is 345 g/mol. The lowest BCUT2D eigenvalue weighted by Crippen LogP contribution is -2.15. The molecule has 0 fully saturated rings. The van der Waals surface area contributed by atoms with Crippen LogP contribution in [0.5, 0.6) is 0 Å². The van der Waals surface area contributed by atoms with Gasteiger partial charge in [0.1, 0.15) is 17.3 Å². The number of halogens is 4. The fourth-order valence-corrected chi connectivity index (χ4v) is 1.93. The van der Waals surface area contributed by atoms with Gasteiger partial charge in [0.2, 0.25) is 0 Å². The average Bonchev–Trinajstić information content (AvgIpc) is 2.36. The fraction of sp³-hybridized carbons (Fsp3) is 0. The zero-order chi connectivity index (χ0) is 14.9. The molecule has 0 unspecified atom stereocenters. The summed E-state index contributed by atoms with van der Waals surface area (Å²) < 4.78 is 39.6. The van der Waals surface area contributed by atoms with Crippen LogP contribution in [0.2, 0.25) is 0 Å². The van der Waals surface area contributed by atoms with Crippen molar-refractivity contribution in [3.63, 3.8) is 0 Å². The standard InChI is InChI=1S/C13H8BrF3N2O/c14-8-3-6(1-2-9(8)16)13(20)19-12-10(17)4-7(15)5-11(12)18/h1-5H,18H2,(H,19,20). The van der Waals surface area contributed by atoms with Gasteiger partial charge in [-0.1, -0.05) is 0 Å². The quantitative estimate of drug-likeness (QED) is 0.816. The first-order valence-electron chi connectivity index (χ1n) is 5.39. The zero-order valence-electron chi connectivity index (χ0n) is 9.88. The lowest BCUT2D eigenvalue weighted by Gasteiger charge is -2.10. The Bertz CT molecular complexity index is 668. The van der Waals surface area contributed by atoms with Gasteiger partial charge in [-0.3, -0.25) is 4.79 Å². The molecule has 2 aromatic rings. The van der Waals surface area contributed by atoms with Crippen LogP contribution in [0.4, 0.5) is 24.5 Å². The summed E-state index contributed by atoms with van der Waals surface area (Å²) in [5.41, 5.74) is 4.98. The van der Waals surface area contributed by atoms with E-state index >= 15 is 0 Å². The Labute approximate surface area is 120 Å². The monoisotopic (exact) mass is 344 g/mol. The van der Waals surface area contributed by atoms with Crippen LogP contribution in [0.25, 0.3) is 0 Å². The Morgan fingerprint density at radius 3 is 2.40 bits per heavy atom. The molecule has 0 atom stereocenters. The number of rotatable bonds is 2. The number of carbonyl (C=O) groups excluding carboxylic acids is 1. The number of amides is 1. The van der Waals surface area contributed by atoms with Crippen molar-refractivity contribution in [1.29, 1.82) is 0 Å². The van der Waals surface area contributed by atoms with Gasteiger partial charge in [0, 0.05) is 11.6 Å². The van der Waals surface area contributed by atoms with E-state index in [2.05, 4.69) is 21.2 Å². The summed E-state index contributed by atoms with van der Waals surface area (Å²) >= 11 is 2.93. The second-order valence-corrected chi connectivity index (χ2v) is 4.79. The smallest absolute Gasteiger partial charge is 0.255 e. The maximum atomic E-state index is 13.5. The number of hydrogen-bond donors (Lipinski definition) is 2. The van der Waals surface area contributed by atoms with Crippen molar-refractivity contribution in [1.82, 2.24) is 0 Å². The molecule has 0 aliphatic carbocycles. The molecule has 0 radical (unpaired) electrons. The Balaban J connectivity index is 2.30. The van der Waals surface area contributed by atoms with E-state index < -0.39 is 23.4 Å². The minimum atomic E-state index is -0.989. The van der Waals surface area contributed by atoms with Crippen molar-refractivity contribution in [2.45, 2.75) is 0 Å². The first kappa shape index (κ1) is 14.4. The van der Waals surface area contributed by atoms with Crippen LogP contribution >= 0.6 is 15.9 Å². The summed E-state index contributed by atoms with van der Waals surface area (Å²) in [6.45, 7) is 0. The van der Waals surface area contributed by atoms with Crippen LogP contribution in [0.15, 0.2) is 34.8 Å². The van der Waals surface area contributed by atoms with Gasteiger partial charge >= 0.3 is 0 Å².